The summed E-state index contributed by atoms with van der Waals surface area (Å²) < 4.78 is 31.6. The molecule has 1 aromatic carbocycles. The average molecular weight is 294 g/mol. The monoisotopic (exact) mass is 293 g/mol. The molecule has 16 heavy (non-hydrogen) atoms. The Balaban J connectivity index is 3.38. The van der Waals surface area contributed by atoms with Crippen LogP contribution >= 0.6 is 15.9 Å². The number of halogens is 3. The van der Waals surface area contributed by atoms with Crippen LogP contribution in [0, 0.1) is 11.6 Å². The number of carbonyl (C=O) groups excluding carboxylic acids is 1. The van der Waals surface area contributed by atoms with Crippen molar-refractivity contribution in [2.24, 2.45) is 0 Å². The molecule has 1 rings (SSSR count). The topological polar surface area (TPSA) is 38.3 Å². The summed E-state index contributed by atoms with van der Waals surface area (Å²) >= 11 is 2.84. The molecule has 0 amide bonds. The molecule has 0 aromatic heterocycles. The van der Waals surface area contributed by atoms with Gasteiger partial charge in [0.1, 0.15) is 5.56 Å². The molecule has 1 N–H and O–H groups in total. The lowest BCUT2D eigenvalue weighted by Gasteiger charge is -2.10. The number of likely N-dealkylation sites (N-methyl/N-ethyl adjacent to an activating group) is 1. The molecule has 0 aliphatic rings. The molecule has 0 bridgehead atoms. The zero-order valence-electron chi connectivity index (χ0n) is 8.73. The minimum atomic E-state index is -0.821. The summed E-state index contributed by atoms with van der Waals surface area (Å²) in [5.74, 6) is -2.55. The third-order valence-corrected chi connectivity index (χ3v) is 2.52. The van der Waals surface area contributed by atoms with Crippen LogP contribution in [-0.2, 0) is 0 Å². The van der Waals surface area contributed by atoms with Crippen LogP contribution in [0.15, 0.2) is 10.5 Å². The van der Waals surface area contributed by atoms with Crippen LogP contribution in [0.4, 0.5) is 8.78 Å². The fraction of sp³-hybridized carbons (Fsp3) is 0.300. The zero-order chi connectivity index (χ0) is 12.3. The van der Waals surface area contributed by atoms with Crippen molar-refractivity contribution in [2.75, 3.05) is 20.7 Å². The normalized spacial score (nSPS) is 10.3. The van der Waals surface area contributed by atoms with Gasteiger partial charge in [0.25, 0.3) is 0 Å². The molecule has 3 nitrogen and oxygen atoms in total. The Hall–Kier alpha value is -1.01. The summed E-state index contributed by atoms with van der Waals surface area (Å²) in [7, 11) is 2.72. The molecular formula is C10H10BrF2NO2. The van der Waals surface area contributed by atoms with Crippen molar-refractivity contribution in [3.8, 4) is 5.75 Å². The lowest BCUT2D eigenvalue weighted by molar-refractivity contribution is 0.0985. The van der Waals surface area contributed by atoms with Crippen molar-refractivity contribution in [2.45, 2.75) is 0 Å². The highest BCUT2D eigenvalue weighted by atomic mass is 79.9. The van der Waals surface area contributed by atoms with E-state index in [9.17, 15) is 13.6 Å². The third kappa shape index (κ3) is 2.38. The molecule has 88 valence electrons. The van der Waals surface area contributed by atoms with Gasteiger partial charge in [0.15, 0.2) is 23.2 Å². The van der Waals surface area contributed by atoms with Crippen LogP contribution in [0.25, 0.3) is 0 Å². The molecule has 0 saturated carbocycles. The van der Waals surface area contributed by atoms with E-state index in [2.05, 4.69) is 21.2 Å². The Labute approximate surface area is 99.9 Å². The van der Waals surface area contributed by atoms with Crippen molar-refractivity contribution >= 4 is 21.7 Å². The third-order valence-electron chi connectivity index (χ3n) is 1.95. The smallest absolute Gasteiger partial charge is 0.183 e. The molecule has 0 spiro atoms. The van der Waals surface area contributed by atoms with Crippen molar-refractivity contribution < 1.29 is 18.3 Å². The predicted molar refractivity (Wildman–Crippen MR) is 58.9 cm³/mol. The largest absolute Gasteiger partial charge is 0.493 e. The average Bonchev–Trinajstić information content (AvgIpc) is 2.23. The molecule has 0 unspecified atom stereocenters. The van der Waals surface area contributed by atoms with E-state index in [0.29, 0.717) is 0 Å². The van der Waals surface area contributed by atoms with Crippen molar-refractivity contribution in [3.63, 3.8) is 0 Å². The van der Waals surface area contributed by atoms with Crippen LogP contribution < -0.4 is 10.1 Å². The number of ether oxygens (including phenoxy) is 1. The van der Waals surface area contributed by atoms with Crippen LogP contribution in [0.2, 0.25) is 0 Å². The number of hydrogen-bond acceptors (Lipinski definition) is 3. The molecule has 0 heterocycles. The highest BCUT2D eigenvalue weighted by molar-refractivity contribution is 9.10. The number of carbonyl (C=O) groups is 1. The van der Waals surface area contributed by atoms with Gasteiger partial charge in [0, 0.05) is 0 Å². The number of ketones is 1. The molecule has 0 aliphatic heterocycles. The van der Waals surface area contributed by atoms with Crippen molar-refractivity contribution in [1.29, 1.82) is 0 Å². The van der Waals surface area contributed by atoms with E-state index in [1.54, 1.807) is 0 Å². The number of nitrogens with one attached hydrogen (secondary N) is 1. The number of hydrogen-bond donors (Lipinski definition) is 1. The number of benzene rings is 1. The summed E-state index contributed by atoms with van der Waals surface area (Å²) in [6.45, 7) is -0.0941. The van der Waals surface area contributed by atoms with E-state index >= 15 is 0 Å². The van der Waals surface area contributed by atoms with Gasteiger partial charge in [-0.3, -0.25) is 4.79 Å². The van der Waals surface area contributed by atoms with Gasteiger partial charge in [-0.15, -0.1) is 0 Å². The molecule has 0 fully saturated rings. The summed E-state index contributed by atoms with van der Waals surface area (Å²) in [6.07, 6.45) is 0. The SMILES string of the molecule is CNCC(=O)c1c(F)c(Br)cc(F)c1OC. The fourth-order valence-electron chi connectivity index (χ4n) is 1.28. The number of methoxy groups -OCH3 is 1. The maximum absolute atomic E-state index is 13.7. The number of Topliss-reactive ketones (excluding diaryl/α,β-unsaturated/α-hetero) is 1. The second kappa shape index (κ2) is 5.36. The summed E-state index contributed by atoms with van der Waals surface area (Å²) in [4.78, 5) is 11.6. The van der Waals surface area contributed by atoms with Crippen LogP contribution in [0.1, 0.15) is 10.4 Å². The van der Waals surface area contributed by atoms with E-state index in [1.807, 2.05) is 0 Å². The van der Waals surface area contributed by atoms with Gasteiger partial charge >= 0.3 is 0 Å². The number of rotatable bonds is 4. The summed E-state index contributed by atoms with van der Waals surface area (Å²) in [5, 5.41) is 2.57. The Morgan fingerprint density at radius 3 is 2.69 bits per heavy atom. The molecule has 0 radical (unpaired) electrons. The van der Waals surface area contributed by atoms with E-state index in [-0.39, 0.29) is 22.3 Å². The van der Waals surface area contributed by atoms with Gasteiger partial charge in [0.05, 0.1) is 18.1 Å². The van der Waals surface area contributed by atoms with Crippen molar-refractivity contribution in [3.05, 3.63) is 27.7 Å². The Kier molecular flexibility index (Phi) is 4.37. The van der Waals surface area contributed by atoms with E-state index < -0.39 is 17.4 Å². The first kappa shape index (κ1) is 13.1. The molecule has 0 atom stereocenters. The first-order valence-electron chi connectivity index (χ1n) is 4.42. The Morgan fingerprint density at radius 2 is 2.19 bits per heavy atom. The van der Waals surface area contributed by atoms with Gasteiger partial charge in [-0.25, -0.2) is 8.78 Å². The first-order valence-corrected chi connectivity index (χ1v) is 5.21. The van der Waals surface area contributed by atoms with E-state index in [1.165, 1.54) is 14.2 Å². The van der Waals surface area contributed by atoms with Crippen LogP contribution in [0.3, 0.4) is 0 Å². The van der Waals surface area contributed by atoms with Crippen molar-refractivity contribution in [1.82, 2.24) is 5.32 Å². The lowest BCUT2D eigenvalue weighted by atomic mass is 10.1. The molecular weight excluding hydrogens is 284 g/mol. The zero-order valence-corrected chi connectivity index (χ0v) is 10.3. The first-order chi connectivity index (χ1) is 7.52. The van der Waals surface area contributed by atoms with Gasteiger partial charge in [-0.05, 0) is 29.0 Å². The van der Waals surface area contributed by atoms with E-state index in [4.69, 9.17) is 4.74 Å². The maximum Gasteiger partial charge on any atom is 0.183 e. The standard InChI is InChI=1S/C10H10BrF2NO2/c1-14-4-7(15)8-9(13)5(11)3-6(12)10(8)16-2/h3,14H,4H2,1-2H3. The fourth-order valence-corrected chi connectivity index (χ4v) is 1.68. The van der Waals surface area contributed by atoms with Gasteiger partial charge in [0.2, 0.25) is 0 Å². The van der Waals surface area contributed by atoms with Crippen LogP contribution in [-0.4, -0.2) is 26.5 Å². The minimum absolute atomic E-state index is 0.0941. The Bertz CT molecular complexity index is 424. The van der Waals surface area contributed by atoms with Crippen LogP contribution in [0.5, 0.6) is 5.75 Å². The second-order valence-electron chi connectivity index (χ2n) is 3.02. The second-order valence-corrected chi connectivity index (χ2v) is 3.87. The molecule has 0 saturated heterocycles. The summed E-state index contributed by atoms with van der Waals surface area (Å²) in [6, 6.07) is 0.921. The lowest BCUT2D eigenvalue weighted by Crippen LogP contribution is -2.21. The highest BCUT2D eigenvalue weighted by Crippen LogP contribution is 2.31. The van der Waals surface area contributed by atoms with E-state index in [0.717, 1.165) is 6.07 Å². The molecule has 6 heteroatoms. The molecule has 0 aliphatic carbocycles. The van der Waals surface area contributed by atoms with Gasteiger partial charge < -0.3 is 10.1 Å². The quantitative estimate of drug-likeness (QED) is 0.683. The maximum atomic E-state index is 13.7. The highest BCUT2D eigenvalue weighted by Gasteiger charge is 2.23. The predicted octanol–water partition coefficient (Wildman–Crippen LogP) is 2.14. The summed E-state index contributed by atoms with van der Waals surface area (Å²) in [5.41, 5.74) is -0.385. The van der Waals surface area contributed by atoms with Gasteiger partial charge in [-0.1, -0.05) is 0 Å². The molecule has 1 aromatic rings. The van der Waals surface area contributed by atoms with Gasteiger partial charge in [-0.2, -0.15) is 0 Å². The minimum Gasteiger partial charge on any atom is -0.493 e. The Morgan fingerprint density at radius 1 is 1.56 bits per heavy atom.